The molecule has 1 atom stereocenters. The van der Waals surface area contributed by atoms with Gasteiger partial charge >= 0.3 is 0 Å². The zero-order valence-electron chi connectivity index (χ0n) is 15.5. The van der Waals surface area contributed by atoms with Crippen molar-refractivity contribution in [3.8, 4) is 0 Å². The normalized spacial score (nSPS) is 13.9. The van der Waals surface area contributed by atoms with E-state index in [4.69, 9.17) is 0 Å². The van der Waals surface area contributed by atoms with Crippen molar-refractivity contribution >= 4 is 23.2 Å². The van der Waals surface area contributed by atoms with Crippen molar-refractivity contribution in [3.63, 3.8) is 0 Å². The second-order valence-corrected chi connectivity index (χ2v) is 6.78. The summed E-state index contributed by atoms with van der Waals surface area (Å²) < 4.78 is 0. The van der Waals surface area contributed by atoms with E-state index < -0.39 is 0 Å². The summed E-state index contributed by atoms with van der Waals surface area (Å²) in [6, 6.07) is 13.7. The number of anilines is 2. The van der Waals surface area contributed by atoms with Gasteiger partial charge in [-0.3, -0.25) is 9.59 Å². The van der Waals surface area contributed by atoms with Crippen LogP contribution in [-0.4, -0.2) is 30.9 Å². The monoisotopic (exact) mass is 351 g/mol. The van der Waals surface area contributed by atoms with Gasteiger partial charge in [-0.25, -0.2) is 0 Å². The van der Waals surface area contributed by atoms with Crippen LogP contribution in [0.3, 0.4) is 0 Å². The maximum Gasteiger partial charge on any atom is 0.243 e. The quantitative estimate of drug-likeness (QED) is 0.871. The third-order valence-electron chi connectivity index (χ3n) is 4.94. The van der Waals surface area contributed by atoms with E-state index in [9.17, 15) is 9.59 Å². The second kappa shape index (κ2) is 7.60. The van der Waals surface area contributed by atoms with Crippen LogP contribution < -0.4 is 15.5 Å². The summed E-state index contributed by atoms with van der Waals surface area (Å²) in [6.07, 6.45) is 0.945. The number of carbonyl (C=O) groups is 2. The van der Waals surface area contributed by atoms with E-state index >= 15 is 0 Å². The molecule has 0 aromatic heterocycles. The van der Waals surface area contributed by atoms with E-state index in [-0.39, 0.29) is 24.4 Å². The first-order valence-corrected chi connectivity index (χ1v) is 8.95. The Morgan fingerprint density at radius 3 is 2.50 bits per heavy atom. The fourth-order valence-electron chi connectivity index (χ4n) is 3.42. The standard InChI is InChI=1S/C21H25N3O2/c1-14-7-6-8-15(2)20(14)23-19(25)13-22-21(26)16(3)24-12-11-17-9-4-5-10-18(17)24/h4-10,16H,11-13H2,1-3H3,(H,22,26)(H,23,25)/t16-/m1/s1. The van der Waals surface area contributed by atoms with Gasteiger partial charge in [0, 0.05) is 17.9 Å². The van der Waals surface area contributed by atoms with E-state index in [1.165, 1.54) is 5.56 Å². The van der Waals surface area contributed by atoms with Crippen LogP contribution in [-0.2, 0) is 16.0 Å². The number of nitrogens with one attached hydrogen (secondary N) is 2. The van der Waals surface area contributed by atoms with Crippen molar-refractivity contribution in [1.29, 1.82) is 0 Å². The summed E-state index contributed by atoms with van der Waals surface area (Å²) in [4.78, 5) is 26.8. The van der Waals surface area contributed by atoms with Crippen molar-refractivity contribution in [2.75, 3.05) is 23.3 Å². The molecule has 0 radical (unpaired) electrons. The van der Waals surface area contributed by atoms with E-state index in [1.54, 1.807) is 0 Å². The zero-order valence-corrected chi connectivity index (χ0v) is 15.5. The first kappa shape index (κ1) is 18.0. The lowest BCUT2D eigenvalue weighted by Gasteiger charge is -2.26. The van der Waals surface area contributed by atoms with Gasteiger partial charge in [0.15, 0.2) is 0 Å². The molecule has 2 aromatic rings. The molecule has 26 heavy (non-hydrogen) atoms. The van der Waals surface area contributed by atoms with Crippen LogP contribution in [0, 0.1) is 13.8 Å². The molecule has 3 rings (SSSR count). The number of aryl methyl sites for hydroxylation is 2. The smallest absolute Gasteiger partial charge is 0.243 e. The fraction of sp³-hybridized carbons (Fsp3) is 0.333. The van der Waals surface area contributed by atoms with Crippen molar-refractivity contribution in [1.82, 2.24) is 5.32 Å². The van der Waals surface area contributed by atoms with Gasteiger partial charge in [0.2, 0.25) is 11.8 Å². The van der Waals surface area contributed by atoms with E-state index in [2.05, 4.69) is 21.6 Å². The molecule has 1 aliphatic heterocycles. The number of hydrogen-bond acceptors (Lipinski definition) is 3. The highest BCUT2D eigenvalue weighted by molar-refractivity contribution is 5.96. The SMILES string of the molecule is Cc1cccc(C)c1NC(=O)CNC(=O)[C@@H](C)N1CCc2ccccc21. The molecule has 0 unspecified atom stereocenters. The lowest BCUT2D eigenvalue weighted by atomic mass is 10.1. The van der Waals surface area contributed by atoms with Crippen LogP contribution in [0.1, 0.15) is 23.6 Å². The Bertz CT molecular complexity index is 812. The number of nitrogens with zero attached hydrogens (tertiary/aromatic N) is 1. The average molecular weight is 351 g/mol. The molecule has 0 saturated heterocycles. The largest absolute Gasteiger partial charge is 0.359 e. The van der Waals surface area contributed by atoms with Gasteiger partial charge in [0.05, 0.1) is 6.54 Å². The molecule has 136 valence electrons. The maximum absolute atomic E-state index is 12.5. The Balaban J connectivity index is 1.56. The molecule has 1 aliphatic rings. The molecular weight excluding hydrogens is 326 g/mol. The molecule has 0 bridgehead atoms. The van der Waals surface area contributed by atoms with Crippen LogP contribution in [0.2, 0.25) is 0 Å². The van der Waals surface area contributed by atoms with Gasteiger partial charge in [-0.1, -0.05) is 36.4 Å². The number of rotatable bonds is 5. The average Bonchev–Trinajstić information content (AvgIpc) is 3.06. The third kappa shape index (κ3) is 3.72. The molecule has 0 aliphatic carbocycles. The highest BCUT2D eigenvalue weighted by Crippen LogP contribution is 2.29. The van der Waals surface area contributed by atoms with Crippen molar-refractivity contribution in [3.05, 3.63) is 59.2 Å². The van der Waals surface area contributed by atoms with Gasteiger partial charge in [-0.2, -0.15) is 0 Å². The minimum atomic E-state index is -0.313. The Hall–Kier alpha value is -2.82. The number of hydrogen-bond donors (Lipinski definition) is 2. The van der Waals surface area contributed by atoms with E-state index in [1.807, 2.05) is 57.2 Å². The first-order chi connectivity index (χ1) is 12.5. The van der Waals surface area contributed by atoms with Crippen molar-refractivity contribution in [2.24, 2.45) is 0 Å². The van der Waals surface area contributed by atoms with Crippen LogP contribution >= 0.6 is 0 Å². The molecule has 0 fully saturated rings. The molecule has 2 amide bonds. The second-order valence-electron chi connectivity index (χ2n) is 6.78. The van der Waals surface area contributed by atoms with Gasteiger partial charge in [0.25, 0.3) is 0 Å². The molecule has 5 nitrogen and oxygen atoms in total. The fourth-order valence-corrected chi connectivity index (χ4v) is 3.42. The lowest BCUT2D eigenvalue weighted by Crippen LogP contribution is -2.46. The topological polar surface area (TPSA) is 61.4 Å². The Kier molecular flexibility index (Phi) is 5.26. The lowest BCUT2D eigenvalue weighted by molar-refractivity contribution is -0.124. The first-order valence-electron chi connectivity index (χ1n) is 8.95. The third-order valence-corrected chi connectivity index (χ3v) is 4.94. The number of fused-ring (bicyclic) bond motifs is 1. The van der Waals surface area contributed by atoms with E-state index in [0.717, 1.165) is 35.5 Å². The van der Waals surface area contributed by atoms with Gasteiger partial charge in [-0.05, 0) is 49.9 Å². The van der Waals surface area contributed by atoms with Crippen molar-refractivity contribution in [2.45, 2.75) is 33.2 Å². The van der Waals surface area contributed by atoms with Crippen LogP contribution in [0.4, 0.5) is 11.4 Å². The highest BCUT2D eigenvalue weighted by atomic mass is 16.2. The predicted octanol–water partition coefficient (Wildman–Crippen LogP) is 2.81. The summed E-state index contributed by atoms with van der Waals surface area (Å²) in [6.45, 7) is 6.57. The Morgan fingerprint density at radius 1 is 1.08 bits per heavy atom. The van der Waals surface area contributed by atoms with E-state index in [0.29, 0.717) is 0 Å². The minimum Gasteiger partial charge on any atom is -0.359 e. The Morgan fingerprint density at radius 2 is 1.77 bits per heavy atom. The van der Waals surface area contributed by atoms with Crippen LogP contribution in [0.5, 0.6) is 0 Å². The number of amides is 2. The molecule has 1 heterocycles. The summed E-state index contributed by atoms with van der Waals surface area (Å²) in [5, 5.41) is 5.65. The van der Waals surface area contributed by atoms with Crippen LogP contribution in [0.25, 0.3) is 0 Å². The minimum absolute atomic E-state index is 0.0353. The molecule has 2 N–H and O–H groups in total. The van der Waals surface area contributed by atoms with Gasteiger partial charge in [0.1, 0.15) is 6.04 Å². The van der Waals surface area contributed by atoms with Crippen LogP contribution in [0.15, 0.2) is 42.5 Å². The Labute approximate surface area is 154 Å². The summed E-state index contributed by atoms with van der Waals surface area (Å²) in [7, 11) is 0. The summed E-state index contributed by atoms with van der Waals surface area (Å²) in [5.74, 6) is -0.358. The maximum atomic E-state index is 12.5. The number of benzene rings is 2. The van der Waals surface area contributed by atoms with Gasteiger partial charge in [-0.15, -0.1) is 0 Å². The molecule has 5 heteroatoms. The number of para-hydroxylation sites is 2. The summed E-state index contributed by atoms with van der Waals surface area (Å²) >= 11 is 0. The van der Waals surface area contributed by atoms with Crippen molar-refractivity contribution < 1.29 is 9.59 Å². The van der Waals surface area contributed by atoms with Gasteiger partial charge < -0.3 is 15.5 Å². The highest BCUT2D eigenvalue weighted by Gasteiger charge is 2.27. The molecule has 0 spiro atoms. The number of carbonyl (C=O) groups excluding carboxylic acids is 2. The molecule has 2 aromatic carbocycles. The molecule has 0 saturated carbocycles. The predicted molar refractivity (Wildman–Crippen MR) is 105 cm³/mol. The molecular formula is C21H25N3O2. The zero-order chi connectivity index (χ0) is 18.7. The summed E-state index contributed by atoms with van der Waals surface area (Å²) in [5.41, 5.74) is 5.20.